The van der Waals surface area contributed by atoms with Gasteiger partial charge in [-0.15, -0.1) is 0 Å². The molecule has 3 unspecified atom stereocenters. The first-order valence-corrected chi connectivity index (χ1v) is 16.5. The predicted molar refractivity (Wildman–Crippen MR) is 186 cm³/mol. The van der Waals surface area contributed by atoms with Gasteiger partial charge in [0, 0.05) is 82.3 Å². The molecule has 0 aliphatic carbocycles. The zero-order valence-electron chi connectivity index (χ0n) is 28.9. The average molecular weight is 629 g/mol. The molecule has 0 amide bonds. The van der Waals surface area contributed by atoms with E-state index < -0.39 is 0 Å². The third-order valence-electron chi connectivity index (χ3n) is 10.9. The van der Waals surface area contributed by atoms with Gasteiger partial charge < -0.3 is 0 Å². The van der Waals surface area contributed by atoms with Gasteiger partial charge in [-0.3, -0.25) is 9.97 Å². The van der Waals surface area contributed by atoms with E-state index in [9.17, 15) is 0 Å². The number of pyridine rings is 2. The Morgan fingerprint density at radius 3 is 1.85 bits per heavy atom. The maximum absolute atomic E-state index is 4.85. The second-order valence-corrected chi connectivity index (χ2v) is 14.9. The van der Waals surface area contributed by atoms with Crippen molar-refractivity contribution >= 4 is 0 Å². The van der Waals surface area contributed by atoms with Crippen molar-refractivity contribution in [3.63, 3.8) is 0 Å². The minimum atomic E-state index is -0.333. The van der Waals surface area contributed by atoms with Crippen molar-refractivity contribution in [2.24, 2.45) is 0 Å². The van der Waals surface area contributed by atoms with Crippen molar-refractivity contribution in [3.05, 3.63) is 133 Å². The summed E-state index contributed by atoms with van der Waals surface area (Å²) in [6.07, 6.45) is 20.9. The molecule has 0 aliphatic rings. The summed E-state index contributed by atoms with van der Waals surface area (Å²) >= 11 is 0. The third kappa shape index (κ3) is 7.27. The Bertz CT molecular complexity index is 1680. The lowest BCUT2D eigenvalue weighted by Gasteiger charge is -2.48. The van der Waals surface area contributed by atoms with Crippen LogP contribution in [0, 0.1) is 0 Å². The van der Waals surface area contributed by atoms with Crippen molar-refractivity contribution in [2.75, 3.05) is 0 Å². The van der Waals surface area contributed by atoms with E-state index in [4.69, 9.17) is 10.1 Å². The van der Waals surface area contributed by atoms with E-state index in [1.54, 1.807) is 12.5 Å². The Morgan fingerprint density at radius 1 is 0.532 bits per heavy atom. The first-order chi connectivity index (χ1) is 22.4. The molecular formula is C39H48N8. The third-order valence-corrected chi connectivity index (χ3v) is 10.9. The molecular weight excluding hydrogens is 580 g/mol. The smallest absolute Gasteiger partial charge is 0.133 e. The van der Waals surface area contributed by atoms with E-state index in [2.05, 4.69) is 109 Å². The van der Waals surface area contributed by atoms with Gasteiger partial charge in [0.2, 0.25) is 0 Å². The summed E-state index contributed by atoms with van der Waals surface area (Å²) in [6.45, 7) is 16.2. The van der Waals surface area contributed by atoms with Crippen molar-refractivity contribution in [3.8, 4) is 0 Å². The Labute approximate surface area is 280 Å². The number of hydrogen-bond donors (Lipinski definition) is 0. The summed E-state index contributed by atoms with van der Waals surface area (Å²) in [5, 5.41) is 9.12. The molecule has 0 saturated heterocycles. The van der Waals surface area contributed by atoms with E-state index in [0.717, 1.165) is 49.3 Å². The van der Waals surface area contributed by atoms with Crippen molar-refractivity contribution in [1.82, 2.24) is 40.1 Å². The first-order valence-electron chi connectivity index (χ1n) is 16.5. The standard InChI is InChI=1S/C39H48N8/c1-35(2,34-43-21-10-22-44-34)16-17-37(5,32-15-26-42-29-45-32)28-38(6,33-12-9-23-46-47-33)18-19-39(7,30-13-24-40-25-14-30)36(3,4)31-11-8-20-41-27-31/h8-15,20-27,29H,16-19,28H2,1-7H3. The van der Waals surface area contributed by atoms with Gasteiger partial charge in [0.15, 0.2) is 0 Å². The van der Waals surface area contributed by atoms with Crippen LogP contribution in [0.4, 0.5) is 0 Å². The maximum Gasteiger partial charge on any atom is 0.133 e. The molecule has 8 nitrogen and oxygen atoms in total. The summed E-state index contributed by atoms with van der Waals surface area (Å²) in [5.74, 6) is 0.854. The molecule has 0 radical (unpaired) electrons. The van der Waals surface area contributed by atoms with Gasteiger partial charge in [0.25, 0.3) is 0 Å². The fourth-order valence-electron chi connectivity index (χ4n) is 7.21. The van der Waals surface area contributed by atoms with Crippen LogP contribution in [0.1, 0.15) is 109 Å². The van der Waals surface area contributed by atoms with Crippen molar-refractivity contribution in [2.45, 2.75) is 108 Å². The van der Waals surface area contributed by atoms with Crippen molar-refractivity contribution < 1.29 is 0 Å². The minimum absolute atomic E-state index is 0.216. The predicted octanol–water partition coefficient (Wildman–Crippen LogP) is 7.93. The molecule has 0 aromatic carbocycles. The highest BCUT2D eigenvalue weighted by atomic mass is 15.1. The molecule has 0 fully saturated rings. The lowest BCUT2D eigenvalue weighted by atomic mass is 9.56. The monoisotopic (exact) mass is 628 g/mol. The summed E-state index contributed by atoms with van der Waals surface area (Å²) in [5.41, 5.74) is 3.15. The molecule has 5 heterocycles. The molecule has 5 rings (SSSR count). The number of rotatable bonds is 14. The highest BCUT2D eigenvalue weighted by molar-refractivity contribution is 5.35. The van der Waals surface area contributed by atoms with Crippen LogP contribution < -0.4 is 0 Å². The average Bonchev–Trinajstić information content (AvgIpc) is 3.11. The van der Waals surface area contributed by atoms with Gasteiger partial charge in [-0.25, -0.2) is 19.9 Å². The van der Waals surface area contributed by atoms with Gasteiger partial charge in [-0.2, -0.15) is 10.2 Å². The zero-order valence-corrected chi connectivity index (χ0v) is 28.9. The summed E-state index contributed by atoms with van der Waals surface area (Å²) in [4.78, 5) is 27.2. The quantitative estimate of drug-likeness (QED) is 0.122. The second-order valence-electron chi connectivity index (χ2n) is 14.9. The zero-order chi connectivity index (χ0) is 33.6. The minimum Gasteiger partial charge on any atom is -0.265 e. The van der Waals surface area contributed by atoms with Crippen LogP contribution in [-0.4, -0.2) is 40.1 Å². The SMILES string of the molecule is CC(C)(CCC(C)(CC(C)(CCC(C)(c1ccncc1)C(C)(C)c1cccnc1)c1cccnn1)c1ccncn1)c1ncccn1. The maximum atomic E-state index is 4.85. The van der Waals surface area contributed by atoms with E-state index in [0.29, 0.717) is 0 Å². The fraction of sp³-hybridized carbons (Fsp3) is 0.436. The molecule has 5 aromatic rings. The van der Waals surface area contributed by atoms with Crippen molar-refractivity contribution in [1.29, 1.82) is 0 Å². The summed E-state index contributed by atoms with van der Waals surface area (Å²) in [6, 6.07) is 16.6. The van der Waals surface area contributed by atoms with E-state index in [1.165, 1.54) is 11.1 Å². The van der Waals surface area contributed by atoms with Gasteiger partial charge in [-0.05, 0) is 85.7 Å². The first kappa shape index (κ1) is 33.9. The van der Waals surface area contributed by atoms with Crippen LogP contribution in [0.25, 0.3) is 0 Å². The van der Waals surface area contributed by atoms with Gasteiger partial charge in [-0.1, -0.05) is 54.5 Å². The van der Waals surface area contributed by atoms with Crippen LogP contribution in [0.2, 0.25) is 0 Å². The summed E-state index contributed by atoms with van der Waals surface area (Å²) < 4.78 is 0. The Kier molecular flexibility index (Phi) is 9.89. The largest absolute Gasteiger partial charge is 0.265 e. The molecule has 0 bridgehead atoms. The Morgan fingerprint density at radius 2 is 1.21 bits per heavy atom. The van der Waals surface area contributed by atoms with Gasteiger partial charge in [0.1, 0.15) is 12.2 Å². The van der Waals surface area contributed by atoms with Crippen LogP contribution in [0.15, 0.2) is 104 Å². The van der Waals surface area contributed by atoms with Crippen LogP contribution in [-0.2, 0) is 27.1 Å². The molecule has 8 heteroatoms. The highest BCUT2D eigenvalue weighted by Gasteiger charge is 2.47. The lowest BCUT2D eigenvalue weighted by Crippen LogP contribution is -2.45. The summed E-state index contributed by atoms with van der Waals surface area (Å²) in [7, 11) is 0. The highest BCUT2D eigenvalue weighted by Crippen LogP contribution is 2.51. The van der Waals surface area contributed by atoms with E-state index in [-0.39, 0.29) is 27.1 Å². The number of aromatic nitrogens is 8. The molecule has 47 heavy (non-hydrogen) atoms. The molecule has 0 aliphatic heterocycles. The molecule has 0 saturated carbocycles. The molecule has 3 atom stereocenters. The second kappa shape index (κ2) is 13.7. The molecule has 0 spiro atoms. The molecule has 0 N–H and O–H groups in total. The fourth-order valence-corrected chi connectivity index (χ4v) is 7.21. The van der Waals surface area contributed by atoms with Crippen LogP contribution >= 0.6 is 0 Å². The Hall–Kier alpha value is -4.46. The van der Waals surface area contributed by atoms with Crippen LogP contribution in [0.5, 0.6) is 0 Å². The molecule has 244 valence electrons. The Balaban J connectivity index is 1.55. The van der Waals surface area contributed by atoms with Crippen LogP contribution in [0.3, 0.4) is 0 Å². The molecule has 5 aromatic heterocycles. The lowest BCUT2D eigenvalue weighted by molar-refractivity contribution is 0.194. The van der Waals surface area contributed by atoms with E-state index >= 15 is 0 Å². The van der Waals surface area contributed by atoms with Gasteiger partial charge >= 0.3 is 0 Å². The number of hydrogen-bond acceptors (Lipinski definition) is 8. The number of nitrogens with zero attached hydrogens (tertiary/aromatic N) is 8. The normalized spacial score (nSPS) is 16.1. The van der Waals surface area contributed by atoms with E-state index in [1.807, 2.05) is 61.6 Å². The van der Waals surface area contributed by atoms with Gasteiger partial charge in [0.05, 0.1) is 5.69 Å². The topological polar surface area (TPSA) is 103 Å².